The van der Waals surface area contributed by atoms with Crippen molar-refractivity contribution in [2.24, 2.45) is 0 Å². The minimum atomic E-state index is 0.377. The van der Waals surface area contributed by atoms with Gasteiger partial charge in [0.25, 0.3) is 0 Å². The molecule has 2 N–H and O–H groups in total. The van der Waals surface area contributed by atoms with E-state index >= 15 is 0 Å². The molecule has 39 heavy (non-hydrogen) atoms. The number of hydrogen-bond donors (Lipinski definition) is 2. The van der Waals surface area contributed by atoms with E-state index in [4.69, 9.17) is 14.2 Å². The fraction of sp³-hybridized carbons (Fsp3) is 0.562. The summed E-state index contributed by atoms with van der Waals surface area (Å²) < 4.78 is 16.3. The van der Waals surface area contributed by atoms with Crippen molar-refractivity contribution in [3.05, 3.63) is 42.0 Å². The number of anilines is 1. The van der Waals surface area contributed by atoms with Gasteiger partial charge in [-0.2, -0.15) is 0 Å². The van der Waals surface area contributed by atoms with Gasteiger partial charge in [0, 0.05) is 74.1 Å². The highest BCUT2D eigenvalue weighted by Crippen LogP contribution is 2.40. The predicted molar refractivity (Wildman–Crippen MR) is 160 cm³/mol. The lowest BCUT2D eigenvalue weighted by atomic mass is 9.89. The van der Waals surface area contributed by atoms with Crippen molar-refractivity contribution < 1.29 is 14.2 Å². The van der Waals surface area contributed by atoms with E-state index in [9.17, 15) is 0 Å². The summed E-state index contributed by atoms with van der Waals surface area (Å²) in [6.45, 7) is 11.1. The van der Waals surface area contributed by atoms with E-state index < -0.39 is 0 Å². The second-order valence-electron chi connectivity index (χ2n) is 11.4. The van der Waals surface area contributed by atoms with Gasteiger partial charge in [-0.25, -0.2) is 0 Å². The largest absolute Gasteiger partial charge is 0.493 e. The molecular weight excluding hydrogens is 488 g/mol. The summed E-state index contributed by atoms with van der Waals surface area (Å²) in [4.78, 5) is 8.96. The van der Waals surface area contributed by atoms with Crippen LogP contribution in [0.1, 0.15) is 51.0 Å². The maximum absolute atomic E-state index is 5.58. The van der Waals surface area contributed by atoms with Crippen molar-refractivity contribution in [3.8, 4) is 22.8 Å². The molecule has 0 bridgehead atoms. The van der Waals surface area contributed by atoms with Crippen LogP contribution in [-0.4, -0.2) is 87.5 Å². The predicted octanol–water partition coefficient (Wildman–Crippen LogP) is 5.96. The van der Waals surface area contributed by atoms with Gasteiger partial charge in [-0.05, 0) is 73.6 Å². The van der Waals surface area contributed by atoms with Crippen LogP contribution in [0.15, 0.2) is 36.4 Å². The Morgan fingerprint density at radius 1 is 0.897 bits per heavy atom. The molecule has 1 saturated carbocycles. The summed E-state index contributed by atoms with van der Waals surface area (Å²) in [5, 5.41) is 5.18. The molecule has 7 nitrogen and oxygen atoms in total. The van der Waals surface area contributed by atoms with Gasteiger partial charge in [-0.1, -0.05) is 13.8 Å². The van der Waals surface area contributed by atoms with Gasteiger partial charge in [0.1, 0.15) is 0 Å². The highest BCUT2D eigenvalue weighted by molar-refractivity contribution is 5.93. The first-order valence-corrected chi connectivity index (χ1v) is 14.6. The number of hydrogen-bond acceptors (Lipinski definition) is 6. The van der Waals surface area contributed by atoms with Crippen LogP contribution in [0.5, 0.6) is 11.5 Å². The van der Waals surface area contributed by atoms with Crippen molar-refractivity contribution in [2.75, 3.05) is 66.0 Å². The monoisotopic (exact) mass is 534 g/mol. The first-order chi connectivity index (χ1) is 19.0. The number of ether oxygens (including phenoxy) is 3. The van der Waals surface area contributed by atoms with Crippen LogP contribution < -0.4 is 14.8 Å². The highest BCUT2D eigenvalue weighted by atomic mass is 16.5. The summed E-state index contributed by atoms with van der Waals surface area (Å²) >= 11 is 0. The summed E-state index contributed by atoms with van der Waals surface area (Å²) in [6, 6.07) is 14.2. The van der Waals surface area contributed by atoms with Crippen molar-refractivity contribution >= 4 is 16.6 Å². The lowest BCUT2D eigenvalue weighted by molar-refractivity contribution is 0.0619. The Balaban J connectivity index is 1.25. The van der Waals surface area contributed by atoms with Gasteiger partial charge in [-0.15, -0.1) is 0 Å². The highest BCUT2D eigenvalue weighted by Gasteiger charge is 2.28. The first kappa shape index (κ1) is 27.8. The Hall–Kier alpha value is -2.74. The van der Waals surface area contributed by atoms with Crippen LogP contribution in [0, 0.1) is 0 Å². The Labute approximate surface area is 233 Å². The average Bonchev–Trinajstić information content (AvgIpc) is 3.35. The zero-order valence-electron chi connectivity index (χ0n) is 24.4. The lowest BCUT2D eigenvalue weighted by Gasteiger charge is -2.42. The number of nitrogens with one attached hydrogen (secondary N) is 2. The molecule has 2 aromatic carbocycles. The van der Waals surface area contributed by atoms with Gasteiger partial charge >= 0.3 is 0 Å². The summed E-state index contributed by atoms with van der Waals surface area (Å²) in [5.74, 6) is 1.87. The van der Waals surface area contributed by atoms with Crippen molar-refractivity contribution in [3.63, 3.8) is 0 Å². The molecule has 0 radical (unpaired) electrons. The number of aromatic amines is 1. The molecule has 2 heterocycles. The van der Waals surface area contributed by atoms with Gasteiger partial charge in [-0.3, -0.25) is 9.80 Å². The molecular formula is C32H46N4O3. The SMILES string of the molecule is COCCN1CCN(C2CCC(Nc3ccc4[nH]c(-c5ccc(OC)c(OC)c5)c(C(C)C)c4c3)CC2)CC1. The second-order valence-corrected chi connectivity index (χ2v) is 11.4. The van der Waals surface area contributed by atoms with Crippen molar-refractivity contribution in [2.45, 2.75) is 57.5 Å². The van der Waals surface area contributed by atoms with Gasteiger partial charge in [0.2, 0.25) is 0 Å². The van der Waals surface area contributed by atoms with Crippen LogP contribution in [0.4, 0.5) is 5.69 Å². The fourth-order valence-electron chi connectivity index (χ4n) is 6.52. The first-order valence-electron chi connectivity index (χ1n) is 14.6. The molecule has 1 aliphatic heterocycles. The van der Waals surface area contributed by atoms with E-state index in [1.165, 1.54) is 74.0 Å². The number of aromatic nitrogens is 1. The Morgan fingerprint density at radius 2 is 1.64 bits per heavy atom. The van der Waals surface area contributed by atoms with Crippen LogP contribution in [-0.2, 0) is 4.74 Å². The third-order valence-corrected chi connectivity index (χ3v) is 8.69. The molecule has 2 aliphatic rings. The molecule has 0 unspecified atom stereocenters. The number of benzene rings is 2. The maximum Gasteiger partial charge on any atom is 0.161 e. The molecule has 0 atom stereocenters. The van der Waals surface area contributed by atoms with Crippen molar-refractivity contribution in [1.82, 2.24) is 14.8 Å². The van der Waals surface area contributed by atoms with Crippen LogP contribution in [0.3, 0.4) is 0 Å². The minimum Gasteiger partial charge on any atom is -0.493 e. The molecule has 1 saturated heterocycles. The number of fused-ring (bicyclic) bond motifs is 1. The third-order valence-electron chi connectivity index (χ3n) is 8.69. The number of piperazine rings is 1. The molecule has 212 valence electrons. The van der Waals surface area contributed by atoms with Crippen LogP contribution in [0.25, 0.3) is 22.2 Å². The molecule has 5 rings (SSSR count). The molecule has 0 spiro atoms. The fourth-order valence-corrected chi connectivity index (χ4v) is 6.52. The van der Waals surface area contributed by atoms with Crippen molar-refractivity contribution in [1.29, 1.82) is 0 Å². The zero-order valence-corrected chi connectivity index (χ0v) is 24.4. The van der Waals surface area contributed by atoms with Gasteiger partial charge in [0.05, 0.1) is 26.5 Å². The standard InChI is InChI=1S/C32H46N4O3/c1-22(2)31-27-21-25(9-12-28(27)34-32(31)23-6-13-29(38-4)30(20-23)39-5)33-24-7-10-26(11-8-24)36-16-14-35(15-17-36)18-19-37-3/h6,9,12-13,20-22,24,26,33-34H,7-8,10-11,14-19H2,1-5H3. The topological polar surface area (TPSA) is 62.0 Å². The van der Waals surface area contributed by atoms with Crippen LogP contribution in [0.2, 0.25) is 0 Å². The van der Waals surface area contributed by atoms with Crippen LogP contribution >= 0.6 is 0 Å². The molecule has 0 amide bonds. The quantitative estimate of drug-likeness (QED) is 0.335. The molecule has 3 aromatic rings. The average molecular weight is 535 g/mol. The summed E-state index contributed by atoms with van der Waals surface area (Å²) in [6.07, 6.45) is 5.02. The number of rotatable bonds is 10. The second kappa shape index (κ2) is 12.6. The molecule has 2 fully saturated rings. The van der Waals surface area contributed by atoms with E-state index in [-0.39, 0.29) is 0 Å². The number of methoxy groups -OCH3 is 3. The van der Waals surface area contributed by atoms with Gasteiger partial charge < -0.3 is 24.5 Å². The summed E-state index contributed by atoms with van der Waals surface area (Å²) in [5.41, 5.74) is 6.00. The number of H-pyrrole nitrogens is 1. The normalized spacial score (nSPS) is 21.0. The Morgan fingerprint density at radius 3 is 2.31 bits per heavy atom. The maximum atomic E-state index is 5.58. The third kappa shape index (κ3) is 6.21. The zero-order chi connectivity index (χ0) is 27.4. The molecule has 1 aromatic heterocycles. The molecule has 7 heteroatoms. The number of nitrogens with zero attached hydrogens (tertiary/aromatic N) is 2. The smallest absolute Gasteiger partial charge is 0.161 e. The van der Waals surface area contributed by atoms with E-state index in [0.717, 1.165) is 41.9 Å². The Bertz CT molecular complexity index is 1220. The minimum absolute atomic E-state index is 0.377. The van der Waals surface area contributed by atoms with Gasteiger partial charge in [0.15, 0.2) is 11.5 Å². The lowest BCUT2D eigenvalue weighted by Crippen LogP contribution is -2.52. The molecule has 1 aliphatic carbocycles. The van der Waals surface area contributed by atoms with E-state index in [1.54, 1.807) is 21.3 Å². The van der Waals surface area contributed by atoms with E-state index in [1.807, 2.05) is 6.07 Å². The van der Waals surface area contributed by atoms with E-state index in [0.29, 0.717) is 12.0 Å². The Kier molecular flexibility index (Phi) is 9.00. The summed E-state index contributed by atoms with van der Waals surface area (Å²) in [7, 11) is 5.15. The van der Waals surface area contributed by atoms with E-state index in [2.05, 4.69) is 64.3 Å².